The molecule has 3 aliphatic rings. The Kier molecular flexibility index (Phi) is 0.778. The lowest BCUT2D eigenvalue weighted by Crippen LogP contribution is -2.25. The van der Waals surface area contributed by atoms with Gasteiger partial charge in [0.05, 0.1) is 0 Å². The Labute approximate surface area is 72.6 Å². The molecule has 0 nitrogen and oxygen atoms in total. The fourth-order valence-electron chi connectivity index (χ4n) is 3.57. The minimum atomic E-state index is 0.981. The SMILES string of the molecule is c1c2cc3c4c1CCC4C3CC2. The van der Waals surface area contributed by atoms with E-state index in [-0.39, 0.29) is 0 Å². The van der Waals surface area contributed by atoms with Gasteiger partial charge in [0.2, 0.25) is 0 Å². The van der Waals surface area contributed by atoms with E-state index in [1.54, 1.807) is 22.3 Å². The van der Waals surface area contributed by atoms with E-state index in [1.165, 1.54) is 25.7 Å². The molecule has 0 heterocycles. The highest BCUT2D eigenvalue weighted by Crippen LogP contribution is 2.58. The Morgan fingerprint density at radius 3 is 2.92 bits per heavy atom. The summed E-state index contributed by atoms with van der Waals surface area (Å²) in [6.07, 6.45) is 5.62. The number of benzene rings is 1. The highest BCUT2D eigenvalue weighted by atomic mass is 14.5. The van der Waals surface area contributed by atoms with Crippen molar-refractivity contribution in [2.75, 3.05) is 0 Å². The number of fused-ring (bicyclic) bond motifs is 2. The molecule has 0 aromatic heterocycles. The first kappa shape index (κ1) is 5.80. The third-order valence-electron chi connectivity index (χ3n) is 4.08. The third kappa shape index (κ3) is 0.450. The first-order valence-electron chi connectivity index (χ1n) is 5.09. The molecule has 3 aliphatic carbocycles. The molecule has 0 radical (unpaired) electrons. The first-order chi connectivity index (χ1) is 5.93. The minimum absolute atomic E-state index is 0.981. The van der Waals surface area contributed by atoms with Gasteiger partial charge >= 0.3 is 0 Å². The van der Waals surface area contributed by atoms with Crippen molar-refractivity contribution >= 4 is 0 Å². The summed E-state index contributed by atoms with van der Waals surface area (Å²) in [6.45, 7) is 0. The molecule has 0 fully saturated rings. The zero-order valence-electron chi connectivity index (χ0n) is 7.14. The standard InChI is InChI=1S/C12H12/c1-3-9-10-4-2-8-5-7(1)6-11(9)12(8)10/h5-6,9-10H,1-4H2. The van der Waals surface area contributed by atoms with Gasteiger partial charge in [0.15, 0.2) is 0 Å². The number of hydrogen-bond acceptors (Lipinski definition) is 0. The van der Waals surface area contributed by atoms with Crippen LogP contribution in [0.2, 0.25) is 0 Å². The van der Waals surface area contributed by atoms with Crippen molar-refractivity contribution in [3.05, 3.63) is 34.4 Å². The second-order valence-electron chi connectivity index (χ2n) is 4.55. The van der Waals surface area contributed by atoms with Gasteiger partial charge in [-0.3, -0.25) is 0 Å². The Balaban J connectivity index is 2.15. The molecular weight excluding hydrogens is 144 g/mol. The average molecular weight is 156 g/mol. The summed E-state index contributed by atoms with van der Waals surface area (Å²) in [4.78, 5) is 0. The number of hydrogen-bond donors (Lipinski definition) is 0. The van der Waals surface area contributed by atoms with E-state index >= 15 is 0 Å². The van der Waals surface area contributed by atoms with Crippen molar-refractivity contribution < 1.29 is 0 Å². The zero-order chi connectivity index (χ0) is 7.71. The number of aryl methyl sites for hydroxylation is 2. The van der Waals surface area contributed by atoms with Crippen LogP contribution in [0, 0.1) is 0 Å². The van der Waals surface area contributed by atoms with Gasteiger partial charge in [0.25, 0.3) is 0 Å². The second-order valence-corrected chi connectivity index (χ2v) is 4.55. The second kappa shape index (κ2) is 1.61. The van der Waals surface area contributed by atoms with Crippen LogP contribution in [0.1, 0.15) is 46.9 Å². The van der Waals surface area contributed by atoms with Crippen LogP contribution in [-0.2, 0) is 12.8 Å². The molecule has 0 amide bonds. The predicted octanol–water partition coefficient (Wildman–Crippen LogP) is 2.76. The van der Waals surface area contributed by atoms with Crippen molar-refractivity contribution in [1.82, 2.24) is 0 Å². The zero-order valence-corrected chi connectivity index (χ0v) is 7.14. The summed E-state index contributed by atoms with van der Waals surface area (Å²) in [5, 5.41) is 0. The Hall–Kier alpha value is -0.780. The highest BCUT2D eigenvalue weighted by molar-refractivity contribution is 5.56. The van der Waals surface area contributed by atoms with Crippen LogP contribution in [0.4, 0.5) is 0 Å². The molecule has 2 unspecified atom stereocenters. The molecule has 1 aromatic rings. The van der Waals surface area contributed by atoms with Crippen LogP contribution in [-0.4, -0.2) is 0 Å². The van der Waals surface area contributed by atoms with Gasteiger partial charge in [-0.25, -0.2) is 0 Å². The van der Waals surface area contributed by atoms with Crippen molar-refractivity contribution in [1.29, 1.82) is 0 Å². The van der Waals surface area contributed by atoms with Gasteiger partial charge in [0.1, 0.15) is 0 Å². The topological polar surface area (TPSA) is 0 Å². The summed E-state index contributed by atoms with van der Waals surface area (Å²) < 4.78 is 0. The average Bonchev–Trinajstić information content (AvgIpc) is 2.42. The van der Waals surface area contributed by atoms with E-state index < -0.39 is 0 Å². The molecule has 4 rings (SSSR count). The van der Waals surface area contributed by atoms with Crippen molar-refractivity contribution in [2.45, 2.75) is 37.5 Å². The lowest BCUT2D eigenvalue weighted by Gasteiger charge is -2.40. The Morgan fingerprint density at radius 2 is 1.92 bits per heavy atom. The van der Waals surface area contributed by atoms with Gasteiger partial charge in [-0.05, 0) is 59.8 Å². The summed E-state index contributed by atoms with van der Waals surface area (Å²) in [5.41, 5.74) is 6.81. The van der Waals surface area contributed by atoms with E-state index in [4.69, 9.17) is 0 Å². The smallest absolute Gasteiger partial charge is 0.00841 e. The molecule has 2 bridgehead atoms. The molecule has 0 saturated carbocycles. The number of rotatable bonds is 0. The Bertz CT molecular complexity index is 376. The maximum absolute atomic E-state index is 2.47. The predicted molar refractivity (Wildman–Crippen MR) is 48.6 cm³/mol. The van der Waals surface area contributed by atoms with Crippen LogP contribution in [0.3, 0.4) is 0 Å². The summed E-state index contributed by atoms with van der Waals surface area (Å²) in [6, 6.07) is 4.93. The quantitative estimate of drug-likeness (QED) is 0.542. The molecule has 0 N–H and O–H groups in total. The molecule has 60 valence electrons. The molecule has 12 heavy (non-hydrogen) atoms. The molecule has 2 atom stereocenters. The molecule has 0 heteroatoms. The van der Waals surface area contributed by atoms with Gasteiger partial charge in [0, 0.05) is 0 Å². The maximum Gasteiger partial charge on any atom is -0.00841 e. The van der Waals surface area contributed by atoms with Crippen molar-refractivity contribution in [3.63, 3.8) is 0 Å². The van der Waals surface area contributed by atoms with E-state index in [9.17, 15) is 0 Å². The van der Waals surface area contributed by atoms with Crippen LogP contribution in [0.15, 0.2) is 12.1 Å². The first-order valence-corrected chi connectivity index (χ1v) is 5.09. The monoisotopic (exact) mass is 156 g/mol. The fourth-order valence-corrected chi connectivity index (χ4v) is 3.57. The van der Waals surface area contributed by atoms with E-state index in [0.29, 0.717) is 0 Å². The molecule has 0 saturated heterocycles. The van der Waals surface area contributed by atoms with Crippen LogP contribution in [0.5, 0.6) is 0 Å². The lowest BCUT2D eigenvalue weighted by molar-refractivity contribution is 0.435. The van der Waals surface area contributed by atoms with Crippen molar-refractivity contribution in [2.24, 2.45) is 0 Å². The minimum Gasteiger partial charge on any atom is -0.0555 e. The summed E-state index contributed by atoms with van der Waals surface area (Å²) in [5.74, 6) is 1.97. The van der Waals surface area contributed by atoms with Gasteiger partial charge in [-0.2, -0.15) is 0 Å². The van der Waals surface area contributed by atoms with Crippen LogP contribution in [0.25, 0.3) is 0 Å². The molecule has 1 aromatic carbocycles. The van der Waals surface area contributed by atoms with Gasteiger partial charge in [-0.15, -0.1) is 0 Å². The van der Waals surface area contributed by atoms with E-state index in [2.05, 4.69) is 12.1 Å². The van der Waals surface area contributed by atoms with Crippen LogP contribution >= 0.6 is 0 Å². The van der Waals surface area contributed by atoms with Gasteiger partial charge < -0.3 is 0 Å². The fraction of sp³-hybridized carbons (Fsp3) is 0.500. The largest absolute Gasteiger partial charge is 0.0555 e. The van der Waals surface area contributed by atoms with Gasteiger partial charge in [-0.1, -0.05) is 12.1 Å². The Morgan fingerprint density at radius 1 is 1.00 bits per heavy atom. The third-order valence-corrected chi connectivity index (χ3v) is 4.08. The maximum atomic E-state index is 2.47. The summed E-state index contributed by atoms with van der Waals surface area (Å²) >= 11 is 0. The van der Waals surface area contributed by atoms with E-state index in [0.717, 1.165) is 11.8 Å². The highest BCUT2D eigenvalue weighted by Gasteiger charge is 2.44. The lowest BCUT2D eigenvalue weighted by atomic mass is 9.64. The molecule has 0 spiro atoms. The van der Waals surface area contributed by atoms with Crippen LogP contribution < -0.4 is 0 Å². The normalized spacial score (nSPS) is 33.3. The summed E-state index contributed by atoms with van der Waals surface area (Å²) in [7, 11) is 0. The van der Waals surface area contributed by atoms with Crippen molar-refractivity contribution in [3.8, 4) is 0 Å². The van der Waals surface area contributed by atoms with E-state index in [1.807, 2.05) is 0 Å². The molecular formula is C12H12. The molecule has 0 aliphatic heterocycles.